The maximum absolute atomic E-state index is 6.18. The predicted molar refractivity (Wildman–Crippen MR) is 211 cm³/mol. The number of furan rings is 1. The summed E-state index contributed by atoms with van der Waals surface area (Å²) in [5.41, 5.74) is 10.1. The van der Waals surface area contributed by atoms with E-state index in [9.17, 15) is 0 Å². The zero-order valence-electron chi connectivity index (χ0n) is 27.3. The lowest BCUT2D eigenvalue weighted by Gasteiger charge is -2.30. The number of fused-ring (bicyclic) bond motifs is 8. The van der Waals surface area contributed by atoms with Crippen LogP contribution >= 0.6 is 0 Å². The summed E-state index contributed by atoms with van der Waals surface area (Å²) in [5.74, 6) is 0.820. The number of para-hydroxylation sites is 1. The van der Waals surface area contributed by atoms with E-state index in [1.807, 2.05) is 12.1 Å². The van der Waals surface area contributed by atoms with Gasteiger partial charge in [0.25, 0.3) is 0 Å². The number of hydrogen-bond acceptors (Lipinski definition) is 3. The number of nitrogens with one attached hydrogen (secondary N) is 1. The van der Waals surface area contributed by atoms with Crippen LogP contribution in [-0.4, -0.2) is 6.54 Å². The van der Waals surface area contributed by atoms with E-state index in [0.29, 0.717) is 6.54 Å². The number of nitrogens with zero attached hydrogens (tertiary/aromatic N) is 1. The molecule has 9 aromatic rings. The van der Waals surface area contributed by atoms with Gasteiger partial charge < -0.3 is 14.6 Å². The van der Waals surface area contributed by atoms with Gasteiger partial charge in [-0.05, 0) is 97.0 Å². The van der Waals surface area contributed by atoms with Crippen LogP contribution in [0.15, 0.2) is 180 Å². The van der Waals surface area contributed by atoms with Gasteiger partial charge in [-0.3, -0.25) is 0 Å². The van der Waals surface area contributed by atoms with E-state index in [2.05, 4.69) is 174 Å². The molecule has 0 spiro atoms. The number of benzene rings is 8. The second kappa shape index (κ2) is 11.5. The molecule has 0 fully saturated rings. The number of rotatable bonds is 5. The average molecular weight is 641 g/mol. The molecule has 1 aromatic heterocycles. The highest BCUT2D eigenvalue weighted by atomic mass is 16.3. The fourth-order valence-electron chi connectivity index (χ4n) is 7.68. The molecule has 8 aromatic carbocycles. The van der Waals surface area contributed by atoms with Crippen molar-refractivity contribution in [1.82, 2.24) is 0 Å². The molecule has 3 nitrogen and oxygen atoms in total. The van der Waals surface area contributed by atoms with Crippen molar-refractivity contribution in [3.8, 4) is 22.3 Å². The van der Waals surface area contributed by atoms with Gasteiger partial charge in [-0.2, -0.15) is 0 Å². The fourth-order valence-corrected chi connectivity index (χ4v) is 7.68. The molecule has 2 heterocycles. The normalized spacial score (nSPS) is 12.6. The van der Waals surface area contributed by atoms with Crippen molar-refractivity contribution in [2.24, 2.45) is 0 Å². The van der Waals surface area contributed by atoms with E-state index in [0.717, 1.165) is 39.5 Å². The lowest BCUT2D eigenvalue weighted by molar-refractivity contribution is 0.626. The second-order valence-corrected chi connectivity index (χ2v) is 13.0. The molecule has 0 unspecified atom stereocenters. The molecule has 0 atom stereocenters. The zero-order chi connectivity index (χ0) is 33.0. The molecule has 10 rings (SSSR count). The van der Waals surface area contributed by atoms with E-state index in [4.69, 9.17) is 4.42 Å². The van der Waals surface area contributed by atoms with Crippen LogP contribution in [0.4, 0.5) is 17.3 Å². The lowest BCUT2D eigenvalue weighted by Crippen LogP contribution is -2.24. The van der Waals surface area contributed by atoms with E-state index < -0.39 is 0 Å². The first-order valence-electron chi connectivity index (χ1n) is 17.1. The van der Waals surface area contributed by atoms with E-state index in [-0.39, 0.29) is 0 Å². The Hall–Kier alpha value is -6.58. The van der Waals surface area contributed by atoms with Crippen LogP contribution in [0, 0.1) is 0 Å². The van der Waals surface area contributed by atoms with Crippen molar-refractivity contribution in [1.29, 1.82) is 0 Å². The molecule has 50 heavy (non-hydrogen) atoms. The minimum absolute atomic E-state index is 0.636. The quantitative estimate of drug-likeness (QED) is 0.190. The van der Waals surface area contributed by atoms with Gasteiger partial charge in [0.05, 0.1) is 6.54 Å². The summed E-state index contributed by atoms with van der Waals surface area (Å²) in [6, 6.07) is 61.1. The minimum Gasteiger partial charge on any atom is -0.440 e. The first kappa shape index (κ1) is 28.4. The SMILES string of the molecule is C1=C(N(c2ccc(-c3ccccc3)cc2)c2ccc(-c3cc4c5ccccc5ccc4c4ccccc34)cc2)CNc2oc3ccccc3c21. The van der Waals surface area contributed by atoms with Gasteiger partial charge in [-0.1, -0.05) is 133 Å². The summed E-state index contributed by atoms with van der Waals surface area (Å²) >= 11 is 0. The van der Waals surface area contributed by atoms with E-state index >= 15 is 0 Å². The van der Waals surface area contributed by atoms with Crippen LogP contribution in [0.2, 0.25) is 0 Å². The van der Waals surface area contributed by atoms with Gasteiger partial charge >= 0.3 is 0 Å². The smallest absolute Gasteiger partial charge is 0.201 e. The maximum atomic E-state index is 6.18. The standard InChI is InChI=1S/C47H32N2O/c1-2-10-31(11-3-1)32-18-23-35(24-19-32)49(37-28-45-42-16-8-9-17-46(42)50-47(45)48-30-37)36-25-20-34(21-26-36)43-29-44-38-13-5-4-12-33(38)22-27-41(44)39-14-6-7-15-40(39)43/h1-29,48H,30H2. The predicted octanol–water partition coefficient (Wildman–Crippen LogP) is 12.8. The van der Waals surface area contributed by atoms with Crippen molar-refractivity contribution >= 4 is 66.6 Å². The largest absolute Gasteiger partial charge is 0.440 e. The van der Waals surface area contributed by atoms with E-state index in [1.54, 1.807) is 0 Å². The van der Waals surface area contributed by atoms with Crippen molar-refractivity contribution in [3.63, 3.8) is 0 Å². The van der Waals surface area contributed by atoms with Crippen LogP contribution in [0.5, 0.6) is 0 Å². The van der Waals surface area contributed by atoms with Gasteiger partial charge in [0, 0.05) is 28.0 Å². The highest BCUT2D eigenvalue weighted by molar-refractivity contribution is 6.21. The van der Waals surface area contributed by atoms with Crippen LogP contribution in [-0.2, 0) is 0 Å². The minimum atomic E-state index is 0.636. The Morgan fingerprint density at radius 2 is 1.06 bits per heavy atom. The summed E-state index contributed by atoms with van der Waals surface area (Å²) in [6.45, 7) is 0.636. The second-order valence-electron chi connectivity index (χ2n) is 13.0. The summed E-state index contributed by atoms with van der Waals surface area (Å²) in [6.07, 6.45) is 2.28. The summed E-state index contributed by atoms with van der Waals surface area (Å²) in [5, 5.41) is 12.3. The highest BCUT2D eigenvalue weighted by Crippen LogP contribution is 2.41. The molecule has 1 aliphatic heterocycles. The lowest BCUT2D eigenvalue weighted by atomic mass is 9.91. The van der Waals surface area contributed by atoms with Crippen LogP contribution in [0.3, 0.4) is 0 Å². The molecule has 0 amide bonds. The highest BCUT2D eigenvalue weighted by Gasteiger charge is 2.23. The Balaban J connectivity index is 1.11. The Labute approximate surface area is 290 Å². The average Bonchev–Trinajstić information content (AvgIpc) is 3.56. The van der Waals surface area contributed by atoms with Crippen molar-refractivity contribution in [2.75, 3.05) is 16.8 Å². The third-order valence-corrected chi connectivity index (χ3v) is 10.1. The first-order valence-corrected chi connectivity index (χ1v) is 17.1. The fraction of sp³-hybridized carbons (Fsp3) is 0.0213. The molecule has 3 heteroatoms. The van der Waals surface area contributed by atoms with Crippen molar-refractivity contribution < 1.29 is 4.42 Å². The third kappa shape index (κ3) is 4.67. The van der Waals surface area contributed by atoms with Crippen LogP contribution < -0.4 is 10.2 Å². The molecular formula is C47H32N2O. The van der Waals surface area contributed by atoms with Crippen molar-refractivity contribution in [3.05, 3.63) is 181 Å². The van der Waals surface area contributed by atoms with Crippen LogP contribution in [0.1, 0.15) is 5.56 Å². The Morgan fingerprint density at radius 3 is 1.84 bits per heavy atom. The monoisotopic (exact) mass is 640 g/mol. The molecule has 0 aliphatic carbocycles. The van der Waals surface area contributed by atoms with Crippen molar-refractivity contribution in [2.45, 2.75) is 0 Å². The van der Waals surface area contributed by atoms with E-state index in [1.165, 1.54) is 54.6 Å². The Kier molecular flexibility index (Phi) is 6.56. The number of anilines is 3. The maximum Gasteiger partial charge on any atom is 0.201 e. The van der Waals surface area contributed by atoms with Gasteiger partial charge in [0.1, 0.15) is 5.58 Å². The topological polar surface area (TPSA) is 28.4 Å². The molecule has 0 saturated carbocycles. The molecule has 1 aliphatic rings. The molecule has 0 radical (unpaired) electrons. The molecule has 236 valence electrons. The van der Waals surface area contributed by atoms with Gasteiger partial charge in [0.15, 0.2) is 0 Å². The Morgan fingerprint density at radius 1 is 0.460 bits per heavy atom. The third-order valence-electron chi connectivity index (χ3n) is 10.1. The van der Waals surface area contributed by atoms with Gasteiger partial charge in [0.2, 0.25) is 5.88 Å². The van der Waals surface area contributed by atoms with Gasteiger partial charge in [-0.25, -0.2) is 0 Å². The molecular weight excluding hydrogens is 609 g/mol. The summed E-state index contributed by atoms with van der Waals surface area (Å²) in [7, 11) is 0. The Bertz CT molecular complexity index is 2740. The first-order chi connectivity index (χ1) is 24.8. The zero-order valence-corrected chi connectivity index (χ0v) is 27.3. The molecule has 1 N–H and O–H groups in total. The summed E-state index contributed by atoms with van der Waals surface area (Å²) < 4.78 is 6.18. The van der Waals surface area contributed by atoms with Gasteiger partial charge in [-0.15, -0.1) is 0 Å². The molecule has 0 bridgehead atoms. The number of hydrogen-bond donors (Lipinski definition) is 1. The van der Waals surface area contributed by atoms with Crippen LogP contribution in [0.25, 0.3) is 71.6 Å². The molecule has 0 saturated heterocycles. The summed E-state index contributed by atoms with van der Waals surface area (Å²) in [4.78, 5) is 2.36.